The predicted octanol–water partition coefficient (Wildman–Crippen LogP) is 5.48. The molecule has 1 N–H and O–H groups in total. The Balaban J connectivity index is 1.71. The van der Waals surface area contributed by atoms with Gasteiger partial charge in [-0.05, 0) is 36.4 Å². The third kappa shape index (κ3) is 3.97. The van der Waals surface area contributed by atoms with Crippen LogP contribution in [-0.2, 0) is 4.79 Å². The smallest absolute Gasteiger partial charge is 0.248 e. The number of benzene rings is 2. The SMILES string of the molecule is O=C(/C=C/c1ccc(-c2ccccc2F)s1)Nc1cccc(F)c1F. The van der Waals surface area contributed by atoms with E-state index >= 15 is 0 Å². The minimum absolute atomic E-state index is 0.229. The molecule has 0 unspecified atom stereocenters. The van der Waals surface area contributed by atoms with E-state index in [9.17, 15) is 18.0 Å². The van der Waals surface area contributed by atoms with E-state index in [-0.39, 0.29) is 11.5 Å². The molecule has 126 valence electrons. The van der Waals surface area contributed by atoms with Gasteiger partial charge in [0.05, 0.1) is 5.69 Å². The summed E-state index contributed by atoms with van der Waals surface area (Å²) in [5.74, 6) is -3.05. The molecule has 25 heavy (non-hydrogen) atoms. The van der Waals surface area contributed by atoms with E-state index in [1.54, 1.807) is 30.3 Å². The first kappa shape index (κ1) is 17.0. The molecule has 0 radical (unpaired) electrons. The molecular formula is C19H12F3NOS. The summed E-state index contributed by atoms with van der Waals surface area (Å²) in [5.41, 5.74) is 0.256. The Kier molecular flexibility index (Phi) is 5.00. The fourth-order valence-corrected chi connectivity index (χ4v) is 3.12. The lowest BCUT2D eigenvalue weighted by Crippen LogP contribution is -2.09. The Morgan fingerprint density at radius 1 is 0.920 bits per heavy atom. The van der Waals surface area contributed by atoms with Crippen LogP contribution in [0.1, 0.15) is 4.88 Å². The number of halogens is 3. The number of thiophene rings is 1. The number of hydrogen-bond donors (Lipinski definition) is 1. The van der Waals surface area contributed by atoms with Gasteiger partial charge in [0.15, 0.2) is 11.6 Å². The van der Waals surface area contributed by atoms with Gasteiger partial charge >= 0.3 is 0 Å². The highest BCUT2D eigenvalue weighted by Gasteiger charge is 2.09. The van der Waals surface area contributed by atoms with Crippen LogP contribution in [0.5, 0.6) is 0 Å². The largest absolute Gasteiger partial charge is 0.320 e. The Morgan fingerprint density at radius 3 is 2.48 bits per heavy atom. The van der Waals surface area contributed by atoms with Crippen molar-refractivity contribution in [2.45, 2.75) is 0 Å². The molecule has 1 heterocycles. The first-order chi connectivity index (χ1) is 12.0. The lowest BCUT2D eigenvalue weighted by molar-refractivity contribution is -0.111. The molecule has 0 bridgehead atoms. The summed E-state index contributed by atoms with van der Waals surface area (Å²) in [7, 11) is 0. The second-order valence-corrected chi connectivity index (χ2v) is 6.22. The maximum atomic E-state index is 13.8. The van der Waals surface area contributed by atoms with Crippen molar-refractivity contribution < 1.29 is 18.0 Å². The van der Waals surface area contributed by atoms with E-state index in [0.29, 0.717) is 5.56 Å². The summed E-state index contributed by atoms with van der Waals surface area (Å²) in [4.78, 5) is 13.3. The number of carbonyl (C=O) groups excluding carboxylic acids is 1. The van der Waals surface area contributed by atoms with Crippen molar-refractivity contribution in [1.82, 2.24) is 0 Å². The fraction of sp³-hybridized carbons (Fsp3) is 0. The van der Waals surface area contributed by atoms with Crippen LogP contribution in [0.25, 0.3) is 16.5 Å². The Morgan fingerprint density at radius 2 is 1.68 bits per heavy atom. The highest BCUT2D eigenvalue weighted by molar-refractivity contribution is 7.16. The van der Waals surface area contributed by atoms with Crippen LogP contribution >= 0.6 is 11.3 Å². The average Bonchev–Trinajstić information content (AvgIpc) is 3.06. The van der Waals surface area contributed by atoms with Crippen LogP contribution < -0.4 is 5.32 Å². The minimum atomic E-state index is -1.11. The van der Waals surface area contributed by atoms with Crippen LogP contribution in [0.4, 0.5) is 18.9 Å². The molecular weight excluding hydrogens is 347 g/mol. The number of nitrogens with one attached hydrogen (secondary N) is 1. The van der Waals surface area contributed by atoms with Gasteiger partial charge in [-0.15, -0.1) is 11.3 Å². The molecule has 1 aromatic heterocycles. The van der Waals surface area contributed by atoms with Crippen molar-refractivity contribution in [3.63, 3.8) is 0 Å². The van der Waals surface area contributed by atoms with Crippen LogP contribution in [-0.4, -0.2) is 5.91 Å². The topological polar surface area (TPSA) is 29.1 Å². The van der Waals surface area contributed by atoms with Crippen LogP contribution in [0.3, 0.4) is 0 Å². The zero-order chi connectivity index (χ0) is 17.8. The maximum Gasteiger partial charge on any atom is 0.248 e. The molecule has 3 rings (SSSR count). The predicted molar refractivity (Wildman–Crippen MR) is 93.7 cm³/mol. The van der Waals surface area contributed by atoms with Crippen LogP contribution in [0, 0.1) is 17.5 Å². The summed E-state index contributed by atoms with van der Waals surface area (Å²) in [6, 6.07) is 13.5. The second kappa shape index (κ2) is 7.36. The first-order valence-electron chi connectivity index (χ1n) is 7.32. The molecule has 0 spiro atoms. The van der Waals surface area contributed by atoms with E-state index in [1.807, 2.05) is 0 Å². The van der Waals surface area contributed by atoms with Crippen LogP contribution in [0.2, 0.25) is 0 Å². The van der Waals surface area contributed by atoms with Gasteiger partial charge in [-0.3, -0.25) is 4.79 Å². The summed E-state index contributed by atoms with van der Waals surface area (Å²) in [5, 5.41) is 2.27. The van der Waals surface area contributed by atoms with Crippen molar-refractivity contribution in [1.29, 1.82) is 0 Å². The molecule has 2 nitrogen and oxygen atoms in total. The molecule has 6 heteroatoms. The van der Waals surface area contributed by atoms with Gasteiger partial charge in [0.2, 0.25) is 5.91 Å². The standard InChI is InChI=1S/C19H12F3NOS/c20-14-5-2-1-4-13(14)17-10-8-12(25-17)9-11-18(24)23-16-7-3-6-15(21)19(16)22/h1-11H,(H,23,24)/b11-9+. The molecule has 0 saturated heterocycles. The lowest BCUT2D eigenvalue weighted by atomic mass is 10.2. The summed E-state index contributed by atoms with van der Waals surface area (Å²) < 4.78 is 40.4. The van der Waals surface area contributed by atoms with Crippen molar-refractivity contribution in [2.75, 3.05) is 5.32 Å². The quantitative estimate of drug-likeness (QED) is 0.614. The van der Waals surface area contributed by atoms with Crippen molar-refractivity contribution in [2.24, 2.45) is 0 Å². The average molecular weight is 359 g/mol. The van der Waals surface area contributed by atoms with Crippen molar-refractivity contribution >= 4 is 29.0 Å². The molecule has 0 aliphatic heterocycles. The molecule has 0 saturated carbocycles. The van der Waals surface area contributed by atoms with Gasteiger partial charge in [0, 0.05) is 21.4 Å². The normalized spacial score (nSPS) is 11.0. The van der Waals surface area contributed by atoms with Gasteiger partial charge in [0.1, 0.15) is 5.82 Å². The molecule has 2 aromatic carbocycles. The molecule has 1 amide bonds. The highest BCUT2D eigenvalue weighted by atomic mass is 32.1. The van der Waals surface area contributed by atoms with Gasteiger partial charge in [-0.25, -0.2) is 13.2 Å². The number of amides is 1. The Hall–Kier alpha value is -2.86. The van der Waals surface area contributed by atoms with Crippen LogP contribution in [0.15, 0.2) is 60.7 Å². The first-order valence-corrected chi connectivity index (χ1v) is 8.14. The lowest BCUT2D eigenvalue weighted by Gasteiger charge is -2.03. The minimum Gasteiger partial charge on any atom is -0.320 e. The highest BCUT2D eigenvalue weighted by Crippen LogP contribution is 2.30. The number of carbonyl (C=O) groups is 1. The summed E-state index contributed by atoms with van der Waals surface area (Å²) >= 11 is 1.31. The summed E-state index contributed by atoms with van der Waals surface area (Å²) in [6.45, 7) is 0. The summed E-state index contributed by atoms with van der Waals surface area (Å²) in [6.07, 6.45) is 2.74. The van der Waals surface area contributed by atoms with Crippen molar-refractivity contribution in [3.05, 3.63) is 83.0 Å². The second-order valence-electron chi connectivity index (χ2n) is 5.11. The maximum absolute atomic E-state index is 13.8. The molecule has 0 atom stereocenters. The third-order valence-corrected chi connectivity index (χ3v) is 4.46. The van der Waals surface area contributed by atoms with E-state index < -0.39 is 17.5 Å². The molecule has 0 fully saturated rings. The van der Waals surface area contributed by atoms with E-state index in [4.69, 9.17) is 0 Å². The van der Waals surface area contributed by atoms with Gasteiger partial charge in [-0.1, -0.05) is 24.3 Å². The Labute approximate surface area is 146 Å². The monoisotopic (exact) mass is 359 g/mol. The molecule has 3 aromatic rings. The number of anilines is 1. The number of rotatable bonds is 4. The van der Waals surface area contributed by atoms with Gasteiger partial charge in [0.25, 0.3) is 0 Å². The van der Waals surface area contributed by atoms with E-state index in [2.05, 4.69) is 5.32 Å². The molecule has 0 aliphatic carbocycles. The zero-order valence-electron chi connectivity index (χ0n) is 12.8. The fourth-order valence-electron chi connectivity index (χ4n) is 2.18. The van der Waals surface area contributed by atoms with Crippen molar-refractivity contribution in [3.8, 4) is 10.4 Å². The van der Waals surface area contributed by atoms with E-state index in [0.717, 1.165) is 15.8 Å². The Bertz CT molecular complexity index is 949. The van der Waals surface area contributed by atoms with Gasteiger partial charge in [-0.2, -0.15) is 0 Å². The van der Waals surface area contributed by atoms with E-state index in [1.165, 1.54) is 41.7 Å². The third-order valence-electron chi connectivity index (χ3n) is 3.37. The number of hydrogen-bond acceptors (Lipinski definition) is 2. The zero-order valence-corrected chi connectivity index (χ0v) is 13.6. The van der Waals surface area contributed by atoms with Gasteiger partial charge < -0.3 is 5.32 Å². The molecule has 0 aliphatic rings.